The minimum absolute atomic E-state index is 0.245. The third-order valence-electron chi connectivity index (χ3n) is 5.56. The van der Waals surface area contributed by atoms with Gasteiger partial charge in [-0.25, -0.2) is 13.1 Å². The highest BCUT2D eigenvalue weighted by atomic mass is 35.5. The number of halogens is 1. The number of rotatable bonds is 6. The summed E-state index contributed by atoms with van der Waals surface area (Å²) in [7, 11) is -3.47. The van der Waals surface area contributed by atoms with Gasteiger partial charge >= 0.3 is 0 Å². The van der Waals surface area contributed by atoms with Gasteiger partial charge in [-0.15, -0.1) is 0 Å². The fraction of sp³-hybridized carbons (Fsp3) is 0.304. The van der Waals surface area contributed by atoms with Crippen molar-refractivity contribution in [2.24, 2.45) is 0 Å². The summed E-state index contributed by atoms with van der Waals surface area (Å²) >= 11 is 6.45. The Hall–Kier alpha value is -2.68. The Labute approximate surface area is 193 Å². The van der Waals surface area contributed by atoms with Crippen LogP contribution in [-0.4, -0.2) is 41.5 Å². The van der Waals surface area contributed by atoms with Crippen LogP contribution in [0.5, 0.6) is 0 Å². The molecule has 2 heterocycles. The Morgan fingerprint density at radius 2 is 1.69 bits per heavy atom. The van der Waals surface area contributed by atoms with Crippen LogP contribution in [0.15, 0.2) is 59.5 Å². The average molecular weight is 473 g/mol. The predicted octanol–water partition coefficient (Wildman–Crippen LogP) is 3.94. The minimum atomic E-state index is -3.47. The van der Waals surface area contributed by atoms with Crippen LogP contribution in [0.25, 0.3) is 5.69 Å². The summed E-state index contributed by atoms with van der Waals surface area (Å²) < 4.78 is 28.6. The molecule has 1 saturated heterocycles. The Kier molecular flexibility index (Phi) is 6.64. The quantitative estimate of drug-likeness (QED) is 0.589. The topological polar surface area (TPSA) is 84.3 Å². The molecule has 32 heavy (non-hydrogen) atoms. The Balaban J connectivity index is 1.44. The molecule has 0 aliphatic carbocycles. The Bertz CT molecular complexity index is 1200. The first-order valence-electron chi connectivity index (χ1n) is 10.6. The van der Waals surface area contributed by atoms with Gasteiger partial charge in [-0.05, 0) is 49.6 Å². The zero-order valence-corrected chi connectivity index (χ0v) is 19.4. The van der Waals surface area contributed by atoms with E-state index in [2.05, 4.69) is 10.4 Å². The van der Waals surface area contributed by atoms with Crippen LogP contribution in [0.1, 0.15) is 40.9 Å². The molecule has 1 aromatic heterocycles. The van der Waals surface area contributed by atoms with E-state index in [1.54, 1.807) is 35.5 Å². The fourth-order valence-corrected chi connectivity index (χ4v) is 5.68. The molecule has 0 spiro atoms. The number of amides is 1. The standard InChI is InChI=1S/C23H25ClN4O3S/c1-17-21(22(24)28(26-17)19-8-4-2-5-9-19)23(29)25-16-18-10-12-20(13-11-18)32(30,31)27-14-6-3-7-15-27/h2,4-5,8-13H,3,6-7,14-16H2,1H3,(H,25,29). The highest BCUT2D eigenvalue weighted by Gasteiger charge is 2.26. The molecule has 0 atom stereocenters. The molecule has 4 rings (SSSR count). The molecule has 0 saturated carbocycles. The van der Waals surface area contributed by atoms with Gasteiger partial charge in [-0.3, -0.25) is 4.79 Å². The number of aryl methyl sites for hydroxylation is 1. The molecule has 0 radical (unpaired) electrons. The van der Waals surface area contributed by atoms with E-state index in [4.69, 9.17) is 11.6 Å². The number of carbonyl (C=O) groups is 1. The lowest BCUT2D eigenvalue weighted by molar-refractivity contribution is 0.0950. The maximum absolute atomic E-state index is 12.8. The number of para-hydroxylation sites is 1. The van der Waals surface area contributed by atoms with Gasteiger partial charge in [0.25, 0.3) is 5.91 Å². The summed E-state index contributed by atoms with van der Waals surface area (Å²) in [5, 5.41) is 7.48. The third kappa shape index (κ3) is 4.57. The molecule has 9 heteroatoms. The summed E-state index contributed by atoms with van der Waals surface area (Å²) in [6, 6.07) is 16.0. The summed E-state index contributed by atoms with van der Waals surface area (Å²) in [6.45, 7) is 3.11. The molecule has 168 valence electrons. The minimum Gasteiger partial charge on any atom is -0.348 e. The van der Waals surface area contributed by atoms with Crippen molar-refractivity contribution < 1.29 is 13.2 Å². The van der Waals surface area contributed by atoms with E-state index in [-0.39, 0.29) is 22.5 Å². The van der Waals surface area contributed by atoms with Crippen molar-refractivity contribution >= 4 is 27.5 Å². The predicted molar refractivity (Wildman–Crippen MR) is 124 cm³/mol. The van der Waals surface area contributed by atoms with E-state index >= 15 is 0 Å². The van der Waals surface area contributed by atoms with Gasteiger partial charge in [-0.2, -0.15) is 9.40 Å². The Morgan fingerprint density at radius 3 is 2.34 bits per heavy atom. The van der Waals surface area contributed by atoms with E-state index in [1.807, 2.05) is 30.3 Å². The number of aromatic nitrogens is 2. The van der Waals surface area contributed by atoms with E-state index in [9.17, 15) is 13.2 Å². The number of benzene rings is 2. The van der Waals surface area contributed by atoms with Crippen LogP contribution in [0.4, 0.5) is 0 Å². The monoisotopic (exact) mass is 472 g/mol. The van der Waals surface area contributed by atoms with E-state index in [1.165, 1.54) is 4.68 Å². The third-order valence-corrected chi connectivity index (χ3v) is 7.82. The normalized spacial score (nSPS) is 14.9. The lowest BCUT2D eigenvalue weighted by Crippen LogP contribution is -2.35. The first-order valence-corrected chi connectivity index (χ1v) is 12.4. The van der Waals surface area contributed by atoms with Crippen LogP contribution < -0.4 is 5.32 Å². The molecule has 1 aliphatic heterocycles. The zero-order valence-electron chi connectivity index (χ0n) is 17.8. The number of nitrogens with one attached hydrogen (secondary N) is 1. The SMILES string of the molecule is Cc1nn(-c2ccccc2)c(Cl)c1C(=O)NCc1ccc(S(=O)(=O)N2CCCCC2)cc1. The van der Waals surface area contributed by atoms with Crippen LogP contribution in [0.3, 0.4) is 0 Å². The summed E-state index contributed by atoms with van der Waals surface area (Å²) in [6.07, 6.45) is 2.86. The fourth-order valence-electron chi connectivity index (χ4n) is 3.80. The lowest BCUT2D eigenvalue weighted by atomic mass is 10.2. The molecule has 1 aliphatic rings. The molecule has 2 aromatic carbocycles. The number of hydrogen-bond donors (Lipinski definition) is 1. The number of sulfonamides is 1. The van der Waals surface area contributed by atoms with Gasteiger partial charge in [0.05, 0.1) is 21.8 Å². The average Bonchev–Trinajstić information content (AvgIpc) is 3.12. The van der Waals surface area contributed by atoms with Crippen molar-refractivity contribution in [3.05, 3.63) is 76.6 Å². The van der Waals surface area contributed by atoms with Gasteiger partial charge in [0.2, 0.25) is 10.0 Å². The summed E-state index contributed by atoms with van der Waals surface area (Å²) in [5.41, 5.74) is 2.41. The molecule has 0 bridgehead atoms. The largest absolute Gasteiger partial charge is 0.348 e. The zero-order chi connectivity index (χ0) is 22.7. The van der Waals surface area contributed by atoms with E-state index < -0.39 is 10.0 Å². The number of piperidine rings is 1. The molecule has 7 nitrogen and oxygen atoms in total. The molecular formula is C23H25ClN4O3S. The van der Waals surface area contributed by atoms with Gasteiger partial charge < -0.3 is 5.32 Å². The van der Waals surface area contributed by atoms with Gasteiger partial charge in [-0.1, -0.05) is 48.4 Å². The molecular weight excluding hydrogens is 448 g/mol. The van der Waals surface area contributed by atoms with Crippen molar-refractivity contribution in [3.8, 4) is 5.69 Å². The van der Waals surface area contributed by atoms with Crippen LogP contribution in [0, 0.1) is 6.92 Å². The maximum atomic E-state index is 12.8. The van der Waals surface area contributed by atoms with Gasteiger partial charge in [0.1, 0.15) is 5.15 Å². The van der Waals surface area contributed by atoms with Gasteiger partial charge in [0.15, 0.2) is 0 Å². The first-order chi connectivity index (χ1) is 15.4. The van der Waals surface area contributed by atoms with E-state index in [0.29, 0.717) is 24.3 Å². The number of hydrogen-bond acceptors (Lipinski definition) is 4. The second-order valence-corrected chi connectivity index (χ2v) is 10.1. The van der Waals surface area contributed by atoms with Crippen molar-refractivity contribution in [3.63, 3.8) is 0 Å². The van der Waals surface area contributed by atoms with Crippen LogP contribution >= 0.6 is 11.6 Å². The highest BCUT2D eigenvalue weighted by Crippen LogP contribution is 2.24. The number of nitrogens with zero attached hydrogens (tertiary/aromatic N) is 3. The molecule has 1 fully saturated rings. The maximum Gasteiger partial charge on any atom is 0.256 e. The second kappa shape index (κ2) is 9.44. The highest BCUT2D eigenvalue weighted by molar-refractivity contribution is 7.89. The molecule has 1 N–H and O–H groups in total. The molecule has 0 unspecified atom stereocenters. The lowest BCUT2D eigenvalue weighted by Gasteiger charge is -2.25. The first kappa shape index (κ1) is 22.5. The van der Waals surface area contributed by atoms with E-state index in [0.717, 1.165) is 30.5 Å². The summed E-state index contributed by atoms with van der Waals surface area (Å²) in [4.78, 5) is 13.1. The van der Waals surface area contributed by atoms with Crippen molar-refractivity contribution in [1.29, 1.82) is 0 Å². The number of carbonyl (C=O) groups excluding carboxylic acids is 1. The molecule has 1 amide bonds. The van der Waals surface area contributed by atoms with Crippen molar-refractivity contribution in [1.82, 2.24) is 19.4 Å². The van der Waals surface area contributed by atoms with Gasteiger partial charge in [0, 0.05) is 19.6 Å². The van der Waals surface area contributed by atoms with Crippen molar-refractivity contribution in [2.45, 2.75) is 37.6 Å². The molecule has 3 aromatic rings. The second-order valence-electron chi connectivity index (χ2n) is 7.79. The van der Waals surface area contributed by atoms with Crippen LogP contribution in [0.2, 0.25) is 5.15 Å². The summed E-state index contributed by atoms with van der Waals surface area (Å²) in [5.74, 6) is -0.334. The van der Waals surface area contributed by atoms with Crippen molar-refractivity contribution in [2.75, 3.05) is 13.1 Å². The Morgan fingerprint density at radius 1 is 1.03 bits per heavy atom. The van der Waals surface area contributed by atoms with Crippen LogP contribution in [-0.2, 0) is 16.6 Å². The smallest absolute Gasteiger partial charge is 0.256 e.